The Kier molecular flexibility index (Phi) is 5.80. The highest BCUT2D eigenvalue weighted by atomic mass is 16.2. The van der Waals surface area contributed by atoms with E-state index in [4.69, 9.17) is 5.73 Å². The van der Waals surface area contributed by atoms with Crippen LogP contribution in [-0.2, 0) is 4.79 Å². The highest BCUT2D eigenvalue weighted by Gasteiger charge is 2.28. The zero-order chi connectivity index (χ0) is 15.2. The lowest BCUT2D eigenvalue weighted by Gasteiger charge is -2.37. The van der Waals surface area contributed by atoms with Gasteiger partial charge in [-0.3, -0.25) is 4.79 Å². The smallest absolute Gasteiger partial charge is 0.224 e. The molecule has 1 amide bonds. The average Bonchev–Trinajstić information content (AvgIpc) is 2.48. The van der Waals surface area contributed by atoms with Gasteiger partial charge in [-0.25, -0.2) is 0 Å². The van der Waals surface area contributed by atoms with Crippen LogP contribution < -0.4 is 5.73 Å². The Balaban J connectivity index is 1.97. The molecule has 1 saturated heterocycles. The van der Waals surface area contributed by atoms with Crippen molar-refractivity contribution >= 4 is 5.91 Å². The fraction of sp³-hybridized carbons (Fsp3) is 0.611. The molecule has 21 heavy (non-hydrogen) atoms. The van der Waals surface area contributed by atoms with Gasteiger partial charge in [-0.2, -0.15) is 0 Å². The molecule has 2 unspecified atom stereocenters. The van der Waals surface area contributed by atoms with Gasteiger partial charge in [0.05, 0.1) is 0 Å². The van der Waals surface area contributed by atoms with Crippen LogP contribution in [-0.4, -0.2) is 23.4 Å². The van der Waals surface area contributed by atoms with Crippen LogP contribution >= 0.6 is 0 Å². The second-order valence-electron chi connectivity index (χ2n) is 6.59. The topological polar surface area (TPSA) is 46.3 Å². The molecule has 1 aliphatic heterocycles. The zero-order valence-electron chi connectivity index (χ0n) is 13.3. The Morgan fingerprint density at radius 3 is 2.67 bits per heavy atom. The summed E-state index contributed by atoms with van der Waals surface area (Å²) in [5.41, 5.74) is 7.25. The molecule has 116 valence electrons. The molecule has 1 aliphatic rings. The van der Waals surface area contributed by atoms with Crippen molar-refractivity contribution < 1.29 is 4.79 Å². The highest BCUT2D eigenvalue weighted by molar-refractivity contribution is 5.77. The van der Waals surface area contributed by atoms with E-state index >= 15 is 0 Å². The van der Waals surface area contributed by atoms with Crippen LogP contribution in [0.5, 0.6) is 0 Å². The van der Waals surface area contributed by atoms with E-state index in [1.807, 2.05) is 30.3 Å². The maximum absolute atomic E-state index is 12.6. The number of nitrogens with zero attached hydrogens (tertiary/aromatic N) is 1. The Morgan fingerprint density at radius 2 is 2.00 bits per heavy atom. The third kappa shape index (κ3) is 4.57. The molecule has 1 aromatic rings. The third-order valence-electron chi connectivity index (χ3n) is 4.31. The van der Waals surface area contributed by atoms with Gasteiger partial charge < -0.3 is 10.6 Å². The molecule has 1 aromatic carbocycles. The summed E-state index contributed by atoms with van der Waals surface area (Å²) in [5, 5.41) is 0. The molecule has 3 heteroatoms. The van der Waals surface area contributed by atoms with E-state index in [1.165, 1.54) is 6.42 Å². The van der Waals surface area contributed by atoms with E-state index in [-0.39, 0.29) is 11.9 Å². The maximum atomic E-state index is 12.6. The Morgan fingerprint density at radius 1 is 1.29 bits per heavy atom. The lowest BCUT2D eigenvalue weighted by molar-refractivity contribution is -0.135. The molecule has 0 aliphatic carbocycles. The van der Waals surface area contributed by atoms with E-state index in [0.717, 1.165) is 31.4 Å². The summed E-state index contributed by atoms with van der Waals surface area (Å²) in [6, 6.07) is 10.1. The molecular weight excluding hydrogens is 260 g/mol. The number of piperidine rings is 1. The number of hydrogen-bond acceptors (Lipinski definition) is 2. The number of hydrogen-bond donors (Lipinski definition) is 1. The quantitative estimate of drug-likeness (QED) is 0.901. The number of rotatable bonds is 5. The lowest BCUT2D eigenvalue weighted by atomic mass is 9.93. The number of carbonyl (C=O) groups is 1. The van der Waals surface area contributed by atoms with Gasteiger partial charge in [-0.15, -0.1) is 0 Å². The van der Waals surface area contributed by atoms with Crippen molar-refractivity contribution in [2.45, 2.75) is 58.0 Å². The number of amides is 1. The van der Waals surface area contributed by atoms with Crippen molar-refractivity contribution in [1.29, 1.82) is 0 Å². The number of benzene rings is 1. The van der Waals surface area contributed by atoms with Crippen LogP contribution in [0, 0.1) is 5.92 Å². The normalized spacial score (nSPS) is 20.6. The molecule has 0 bridgehead atoms. The Bertz CT molecular complexity index is 444. The van der Waals surface area contributed by atoms with Gasteiger partial charge in [0.25, 0.3) is 0 Å². The molecule has 0 spiro atoms. The molecule has 3 nitrogen and oxygen atoms in total. The van der Waals surface area contributed by atoms with E-state index in [0.29, 0.717) is 18.4 Å². The van der Waals surface area contributed by atoms with Gasteiger partial charge in [0, 0.05) is 25.0 Å². The van der Waals surface area contributed by atoms with Crippen molar-refractivity contribution in [3.05, 3.63) is 35.9 Å². The fourth-order valence-electron chi connectivity index (χ4n) is 3.24. The first-order valence-electron chi connectivity index (χ1n) is 8.18. The second-order valence-corrected chi connectivity index (χ2v) is 6.59. The van der Waals surface area contributed by atoms with E-state index in [9.17, 15) is 4.79 Å². The Hall–Kier alpha value is -1.35. The Labute approximate surface area is 128 Å². The average molecular weight is 288 g/mol. The number of likely N-dealkylation sites (tertiary alicyclic amines) is 1. The lowest BCUT2D eigenvalue weighted by Crippen LogP contribution is -2.45. The van der Waals surface area contributed by atoms with Crippen LogP contribution in [0.4, 0.5) is 0 Å². The minimum Gasteiger partial charge on any atom is -0.340 e. The highest BCUT2D eigenvalue weighted by Crippen LogP contribution is 2.25. The molecule has 1 fully saturated rings. The van der Waals surface area contributed by atoms with Crippen LogP contribution in [0.2, 0.25) is 0 Å². The molecule has 0 saturated carbocycles. The van der Waals surface area contributed by atoms with Crippen molar-refractivity contribution in [1.82, 2.24) is 4.90 Å². The minimum atomic E-state index is -0.194. The minimum absolute atomic E-state index is 0.194. The fourth-order valence-corrected chi connectivity index (χ4v) is 3.24. The number of carbonyl (C=O) groups excluding carboxylic acids is 1. The van der Waals surface area contributed by atoms with Crippen molar-refractivity contribution in [3.63, 3.8) is 0 Å². The summed E-state index contributed by atoms with van der Waals surface area (Å²) in [7, 11) is 0. The van der Waals surface area contributed by atoms with Crippen LogP contribution in [0.15, 0.2) is 30.3 Å². The summed E-state index contributed by atoms with van der Waals surface area (Å²) in [6.45, 7) is 5.36. The standard InChI is InChI=1S/C18H28N2O/c1-14(2)12-16-10-6-7-11-20(16)18(21)13-17(19)15-8-4-3-5-9-15/h3-5,8-9,14,16-17H,6-7,10-13,19H2,1-2H3. The zero-order valence-corrected chi connectivity index (χ0v) is 13.3. The van der Waals surface area contributed by atoms with Crippen LogP contribution in [0.1, 0.15) is 57.6 Å². The van der Waals surface area contributed by atoms with Gasteiger partial charge >= 0.3 is 0 Å². The van der Waals surface area contributed by atoms with Crippen LogP contribution in [0.3, 0.4) is 0 Å². The largest absolute Gasteiger partial charge is 0.340 e. The number of nitrogens with two attached hydrogens (primary N) is 1. The van der Waals surface area contributed by atoms with Crippen LogP contribution in [0.25, 0.3) is 0 Å². The maximum Gasteiger partial charge on any atom is 0.224 e. The molecule has 2 rings (SSSR count). The van der Waals surface area contributed by atoms with E-state index in [1.54, 1.807) is 0 Å². The van der Waals surface area contributed by atoms with Gasteiger partial charge in [0.2, 0.25) is 5.91 Å². The van der Waals surface area contributed by atoms with E-state index in [2.05, 4.69) is 18.7 Å². The first-order valence-corrected chi connectivity index (χ1v) is 8.18. The van der Waals surface area contributed by atoms with Gasteiger partial charge in [-0.05, 0) is 37.2 Å². The summed E-state index contributed by atoms with van der Waals surface area (Å²) in [6.07, 6.45) is 5.03. The molecular formula is C18H28N2O. The van der Waals surface area contributed by atoms with Gasteiger partial charge in [0.1, 0.15) is 0 Å². The van der Waals surface area contributed by atoms with Crippen molar-refractivity contribution in [2.24, 2.45) is 11.7 Å². The first kappa shape index (κ1) is 16.0. The first-order chi connectivity index (χ1) is 10.1. The molecule has 2 N–H and O–H groups in total. The SMILES string of the molecule is CC(C)CC1CCCCN1C(=O)CC(N)c1ccccc1. The summed E-state index contributed by atoms with van der Waals surface area (Å²) < 4.78 is 0. The summed E-state index contributed by atoms with van der Waals surface area (Å²) in [5.74, 6) is 0.850. The predicted molar refractivity (Wildman–Crippen MR) is 86.8 cm³/mol. The molecule has 0 radical (unpaired) electrons. The summed E-state index contributed by atoms with van der Waals surface area (Å²) in [4.78, 5) is 14.7. The van der Waals surface area contributed by atoms with E-state index < -0.39 is 0 Å². The molecule has 1 heterocycles. The molecule has 2 atom stereocenters. The van der Waals surface area contributed by atoms with Crippen molar-refractivity contribution in [3.8, 4) is 0 Å². The second kappa shape index (κ2) is 7.60. The summed E-state index contributed by atoms with van der Waals surface area (Å²) >= 11 is 0. The third-order valence-corrected chi connectivity index (χ3v) is 4.31. The monoisotopic (exact) mass is 288 g/mol. The van der Waals surface area contributed by atoms with Crippen molar-refractivity contribution in [2.75, 3.05) is 6.54 Å². The van der Waals surface area contributed by atoms with Gasteiger partial charge in [-0.1, -0.05) is 44.2 Å². The van der Waals surface area contributed by atoms with Gasteiger partial charge in [0.15, 0.2) is 0 Å². The predicted octanol–water partition coefficient (Wildman–Crippen LogP) is 3.50. The molecule has 0 aromatic heterocycles.